The second-order valence-corrected chi connectivity index (χ2v) is 8.88. The standard InChI is InChI=1S/C28H22F3N5O2/c1-37-27-21(6-4-14-32-27)35-22-15-24-26(16-23(22)33-17-8-9-17)36(25-7-3-2-5-20(25)34-24)18-10-12-19(13-11-18)38-28(29,30)31/h2-7,10-17,35H,8-9H2,1H3. The fourth-order valence-corrected chi connectivity index (χ4v) is 4.32. The van der Waals surface area contributed by atoms with Crippen molar-refractivity contribution in [3.63, 3.8) is 0 Å². The summed E-state index contributed by atoms with van der Waals surface area (Å²) >= 11 is 0. The van der Waals surface area contributed by atoms with Crippen molar-refractivity contribution < 1.29 is 22.6 Å². The van der Waals surface area contributed by atoms with E-state index in [2.05, 4.69) is 15.0 Å². The second kappa shape index (κ2) is 9.37. The molecular formula is C28H22F3N5O2. The van der Waals surface area contributed by atoms with E-state index in [0.29, 0.717) is 22.9 Å². The highest BCUT2D eigenvalue weighted by atomic mass is 19.4. The van der Waals surface area contributed by atoms with Crippen LogP contribution in [0.3, 0.4) is 0 Å². The Hall–Kier alpha value is -4.60. The van der Waals surface area contributed by atoms with Crippen LogP contribution in [0.25, 0.3) is 28.1 Å². The number of hydrogen-bond acceptors (Lipinski definition) is 6. The Morgan fingerprint density at radius 3 is 2.50 bits per heavy atom. The lowest BCUT2D eigenvalue weighted by atomic mass is 10.1. The maximum atomic E-state index is 12.7. The number of aromatic nitrogens is 3. The van der Waals surface area contributed by atoms with Crippen molar-refractivity contribution >= 4 is 22.4 Å². The highest BCUT2D eigenvalue weighted by Gasteiger charge is 2.31. The third-order valence-corrected chi connectivity index (χ3v) is 6.13. The van der Waals surface area contributed by atoms with Gasteiger partial charge in [0.2, 0.25) is 5.88 Å². The summed E-state index contributed by atoms with van der Waals surface area (Å²) in [6, 6.07) is 21.2. The molecule has 1 N–H and O–H groups in total. The average molecular weight is 518 g/mol. The van der Waals surface area contributed by atoms with Crippen molar-refractivity contribution in [2.45, 2.75) is 25.2 Å². The Balaban J connectivity index is 1.55. The summed E-state index contributed by atoms with van der Waals surface area (Å²) in [4.78, 5) is 14.1. The summed E-state index contributed by atoms with van der Waals surface area (Å²) in [6.45, 7) is 0. The molecule has 1 aliphatic heterocycles. The Kier molecular flexibility index (Phi) is 5.86. The minimum atomic E-state index is -4.76. The lowest BCUT2D eigenvalue weighted by Gasteiger charge is -2.21. The van der Waals surface area contributed by atoms with E-state index in [4.69, 9.17) is 14.7 Å². The predicted molar refractivity (Wildman–Crippen MR) is 137 cm³/mol. The number of methoxy groups -OCH3 is 1. The molecule has 0 atom stereocenters. The largest absolute Gasteiger partial charge is 0.573 e. The summed E-state index contributed by atoms with van der Waals surface area (Å²) in [5, 5.41) is 4.14. The molecule has 2 heterocycles. The molecule has 2 aliphatic carbocycles. The van der Waals surface area contributed by atoms with E-state index in [1.54, 1.807) is 25.4 Å². The summed E-state index contributed by atoms with van der Waals surface area (Å²) in [5.74, 6) is 0.165. The van der Waals surface area contributed by atoms with E-state index < -0.39 is 6.36 Å². The van der Waals surface area contributed by atoms with Gasteiger partial charge in [0.25, 0.3) is 0 Å². The molecule has 0 radical (unpaired) electrons. The molecule has 3 aromatic rings. The number of para-hydroxylation sites is 2. The molecule has 38 heavy (non-hydrogen) atoms. The molecule has 1 fully saturated rings. The monoisotopic (exact) mass is 517 g/mol. The molecule has 3 aliphatic rings. The topological polar surface area (TPSA) is 73.6 Å². The molecule has 192 valence electrons. The average Bonchev–Trinajstić information content (AvgIpc) is 3.72. The smallest absolute Gasteiger partial charge is 0.480 e. The van der Waals surface area contributed by atoms with Gasteiger partial charge in [-0.15, -0.1) is 13.2 Å². The molecule has 0 unspecified atom stereocenters. The first-order valence-corrected chi connectivity index (χ1v) is 12.0. The van der Waals surface area contributed by atoms with E-state index in [9.17, 15) is 13.2 Å². The summed E-state index contributed by atoms with van der Waals surface area (Å²) in [5.41, 5.74) is 5.07. The number of benzene rings is 3. The number of anilines is 2. The maximum absolute atomic E-state index is 12.7. The summed E-state index contributed by atoms with van der Waals surface area (Å²) in [6.07, 6.45) is -1.07. The molecule has 0 bridgehead atoms. The number of fused-ring (bicyclic) bond motifs is 2. The third kappa shape index (κ3) is 4.84. The van der Waals surface area contributed by atoms with E-state index in [1.807, 2.05) is 53.1 Å². The molecule has 10 heteroatoms. The van der Waals surface area contributed by atoms with E-state index in [0.717, 1.165) is 40.6 Å². The molecule has 2 aromatic carbocycles. The molecule has 0 amide bonds. The number of nitrogens with zero attached hydrogens (tertiary/aromatic N) is 4. The van der Waals surface area contributed by atoms with Gasteiger partial charge < -0.3 is 19.4 Å². The lowest BCUT2D eigenvalue weighted by Crippen LogP contribution is -2.17. The minimum Gasteiger partial charge on any atom is -0.480 e. The van der Waals surface area contributed by atoms with Gasteiger partial charge in [0.1, 0.15) is 11.4 Å². The van der Waals surface area contributed by atoms with Gasteiger partial charge in [-0.1, -0.05) is 12.1 Å². The second-order valence-electron chi connectivity index (χ2n) is 8.88. The van der Waals surface area contributed by atoms with Crippen molar-refractivity contribution in [2.75, 3.05) is 12.4 Å². The lowest BCUT2D eigenvalue weighted by molar-refractivity contribution is -0.274. The number of halogens is 3. The maximum Gasteiger partial charge on any atom is 0.573 e. The molecule has 7 nitrogen and oxygen atoms in total. The van der Waals surface area contributed by atoms with Crippen LogP contribution in [-0.4, -0.2) is 34.0 Å². The molecule has 0 spiro atoms. The van der Waals surface area contributed by atoms with Crippen molar-refractivity contribution in [1.82, 2.24) is 14.5 Å². The van der Waals surface area contributed by atoms with Gasteiger partial charge in [0.15, 0.2) is 0 Å². The normalized spacial score (nSPS) is 14.2. The number of ether oxygens (including phenoxy) is 2. The fraction of sp³-hybridized carbons (Fsp3) is 0.179. The van der Waals surface area contributed by atoms with Gasteiger partial charge >= 0.3 is 6.36 Å². The van der Waals surface area contributed by atoms with Gasteiger partial charge in [0.05, 0.1) is 46.6 Å². The Bertz CT molecular complexity index is 1660. The quantitative estimate of drug-likeness (QED) is 0.270. The Labute approximate surface area is 215 Å². The van der Waals surface area contributed by atoms with E-state index in [-0.39, 0.29) is 11.8 Å². The number of alkyl halides is 3. The zero-order valence-corrected chi connectivity index (χ0v) is 20.2. The van der Waals surface area contributed by atoms with Crippen LogP contribution < -0.4 is 20.1 Å². The predicted octanol–water partition coefficient (Wildman–Crippen LogP) is 6.24. The van der Waals surface area contributed by atoms with Crippen LogP contribution >= 0.6 is 0 Å². The van der Waals surface area contributed by atoms with Crippen LogP contribution in [0.5, 0.6) is 11.6 Å². The van der Waals surface area contributed by atoms with E-state index >= 15 is 0 Å². The molecule has 1 saturated carbocycles. The first kappa shape index (κ1) is 23.8. The van der Waals surface area contributed by atoms with Crippen LogP contribution in [0, 0.1) is 0 Å². The van der Waals surface area contributed by atoms with Crippen molar-refractivity contribution in [3.05, 3.63) is 84.4 Å². The van der Waals surface area contributed by atoms with Gasteiger partial charge in [-0.05, 0) is 73.5 Å². The van der Waals surface area contributed by atoms with Crippen molar-refractivity contribution in [1.29, 1.82) is 0 Å². The first-order chi connectivity index (χ1) is 18.4. The van der Waals surface area contributed by atoms with Crippen molar-refractivity contribution in [2.24, 2.45) is 4.99 Å². The van der Waals surface area contributed by atoms with E-state index in [1.165, 1.54) is 12.1 Å². The van der Waals surface area contributed by atoms with Gasteiger partial charge in [-0.3, -0.25) is 4.99 Å². The summed E-state index contributed by atoms with van der Waals surface area (Å²) in [7, 11) is 1.56. The number of pyridine rings is 1. The minimum absolute atomic E-state index is 0.240. The molecule has 6 rings (SSSR count). The highest BCUT2D eigenvalue weighted by molar-refractivity contribution is 5.84. The molecule has 0 saturated heterocycles. The van der Waals surface area contributed by atoms with Crippen LogP contribution in [-0.2, 0) is 0 Å². The fourth-order valence-electron chi connectivity index (χ4n) is 4.32. The number of rotatable bonds is 6. The van der Waals surface area contributed by atoms with Crippen LogP contribution in [0.4, 0.5) is 24.5 Å². The van der Waals surface area contributed by atoms with Crippen LogP contribution in [0.2, 0.25) is 0 Å². The number of hydrogen-bond donors (Lipinski definition) is 1. The van der Waals surface area contributed by atoms with Gasteiger partial charge in [-0.25, -0.2) is 9.97 Å². The zero-order chi connectivity index (χ0) is 26.3. The Morgan fingerprint density at radius 2 is 1.76 bits per heavy atom. The summed E-state index contributed by atoms with van der Waals surface area (Å²) < 4.78 is 49.6. The SMILES string of the molecule is COc1ncccc1Nc1cc2nc3ccccc3n(-c3ccc(OC(F)(F)F)cc3)c-2cc1=NC1CC1. The van der Waals surface area contributed by atoms with Crippen LogP contribution in [0.1, 0.15) is 12.8 Å². The van der Waals surface area contributed by atoms with Crippen LogP contribution in [0.15, 0.2) is 84.0 Å². The molecule has 1 aromatic heterocycles. The van der Waals surface area contributed by atoms with Gasteiger partial charge in [0, 0.05) is 11.9 Å². The van der Waals surface area contributed by atoms with Gasteiger partial charge in [-0.2, -0.15) is 0 Å². The third-order valence-electron chi connectivity index (χ3n) is 6.13. The zero-order valence-electron chi connectivity index (χ0n) is 20.2. The number of nitrogens with one attached hydrogen (secondary N) is 1. The first-order valence-electron chi connectivity index (χ1n) is 12.0. The van der Waals surface area contributed by atoms with Crippen molar-refractivity contribution in [3.8, 4) is 28.7 Å². The Morgan fingerprint density at radius 1 is 0.974 bits per heavy atom. The highest BCUT2D eigenvalue weighted by Crippen LogP contribution is 2.33. The molecular weight excluding hydrogens is 495 g/mol.